The predicted molar refractivity (Wildman–Crippen MR) is 156 cm³/mol. The summed E-state index contributed by atoms with van der Waals surface area (Å²) < 4.78 is 6.27. The third kappa shape index (κ3) is 5.17. The van der Waals surface area contributed by atoms with E-state index < -0.39 is 0 Å². The van der Waals surface area contributed by atoms with Crippen LogP contribution in [0, 0.1) is 6.92 Å². The Bertz CT molecular complexity index is 1390. The van der Waals surface area contributed by atoms with Gasteiger partial charge in [-0.25, -0.2) is 0 Å². The van der Waals surface area contributed by atoms with Crippen molar-refractivity contribution in [1.29, 1.82) is 0 Å². The quantitative estimate of drug-likeness (QED) is 0.469. The first-order valence-corrected chi connectivity index (χ1v) is 14.1. The van der Waals surface area contributed by atoms with Crippen molar-refractivity contribution < 1.29 is 9.53 Å². The molecule has 3 aliphatic rings. The number of nitrogens with one attached hydrogen (secondary N) is 1. The Balaban J connectivity index is 1.31. The van der Waals surface area contributed by atoms with Crippen LogP contribution in [-0.2, 0) is 17.8 Å². The van der Waals surface area contributed by atoms with Crippen LogP contribution in [0.3, 0.4) is 0 Å². The molecule has 0 aliphatic carbocycles. The fraction of sp³-hybridized carbons (Fsp3) is 0.452. The Morgan fingerprint density at radius 3 is 2.77 bits per heavy atom. The summed E-state index contributed by atoms with van der Waals surface area (Å²) in [7, 11) is 2.16. The molecule has 3 aromatic rings. The number of aryl methyl sites for hydroxylation is 1. The zero-order valence-corrected chi connectivity index (χ0v) is 23.0. The van der Waals surface area contributed by atoms with Gasteiger partial charge in [-0.15, -0.1) is 0 Å². The second kappa shape index (κ2) is 10.8. The SMILES string of the molecule is C=CC(=O)NC1CCN(c2nc(OC[C@@H]3CCCN3C)nc3c2CCN(c2cccc4cccc(C)c24)C3)C1. The van der Waals surface area contributed by atoms with Gasteiger partial charge in [-0.05, 0) is 69.3 Å². The van der Waals surface area contributed by atoms with Gasteiger partial charge in [0.1, 0.15) is 12.4 Å². The Hall–Kier alpha value is -3.65. The first kappa shape index (κ1) is 25.6. The molecule has 6 rings (SSSR count). The number of fused-ring (bicyclic) bond motifs is 2. The average Bonchev–Trinajstić information content (AvgIpc) is 3.59. The molecule has 3 aliphatic heterocycles. The summed E-state index contributed by atoms with van der Waals surface area (Å²) in [5.41, 5.74) is 4.76. The highest BCUT2D eigenvalue weighted by Gasteiger charge is 2.31. The van der Waals surface area contributed by atoms with Crippen LogP contribution in [0.15, 0.2) is 49.1 Å². The summed E-state index contributed by atoms with van der Waals surface area (Å²) in [6, 6.07) is 14.0. The molecule has 2 aromatic carbocycles. The van der Waals surface area contributed by atoms with E-state index in [2.05, 4.69) is 77.0 Å². The number of rotatable bonds is 7. The first-order valence-electron chi connectivity index (χ1n) is 14.1. The van der Waals surface area contributed by atoms with Crippen molar-refractivity contribution in [1.82, 2.24) is 20.2 Å². The maximum absolute atomic E-state index is 11.9. The minimum absolute atomic E-state index is 0.0800. The van der Waals surface area contributed by atoms with Gasteiger partial charge < -0.3 is 24.8 Å². The monoisotopic (exact) mass is 526 g/mol. The molecule has 0 radical (unpaired) electrons. The van der Waals surface area contributed by atoms with Crippen LogP contribution in [0.1, 0.15) is 36.1 Å². The minimum atomic E-state index is -0.128. The fourth-order valence-corrected chi connectivity index (χ4v) is 6.38. The Kier molecular flexibility index (Phi) is 7.12. The van der Waals surface area contributed by atoms with Gasteiger partial charge in [0.2, 0.25) is 5.91 Å². The lowest BCUT2D eigenvalue weighted by Gasteiger charge is -2.33. The summed E-state index contributed by atoms with van der Waals surface area (Å²) in [4.78, 5) is 29.0. The summed E-state index contributed by atoms with van der Waals surface area (Å²) >= 11 is 0. The number of amides is 1. The summed E-state index contributed by atoms with van der Waals surface area (Å²) in [6.07, 6.45) is 5.41. The molecule has 2 atom stereocenters. The molecule has 1 N–H and O–H groups in total. The van der Waals surface area contributed by atoms with Crippen LogP contribution in [0.4, 0.5) is 11.5 Å². The molecule has 8 nitrogen and oxygen atoms in total. The Morgan fingerprint density at radius 1 is 1.13 bits per heavy atom. The van der Waals surface area contributed by atoms with E-state index in [0.29, 0.717) is 25.2 Å². The van der Waals surface area contributed by atoms with Crippen molar-refractivity contribution in [2.75, 3.05) is 49.6 Å². The number of carbonyl (C=O) groups excluding carboxylic acids is 1. The molecule has 39 heavy (non-hydrogen) atoms. The van der Waals surface area contributed by atoms with Crippen LogP contribution in [0.5, 0.6) is 6.01 Å². The molecule has 0 saturated carbocycles. The lowest BCUT2D eigenvalue weighted by molar-refractivity contribution is -0.117. The van der Waals surface area contributed by atoms with Crippen LogP contribution >= 0.6 is 0 Å². The van der Waals surface area contributed by atoms with Crippen molar-refractivity contribution >= 4 is 28.2 Å². The molecular weight excluding hydrogens is 488 g/mol. The molecule has 4 heterocycles. The number of ether oxygens (including phenoxy) is 1. The molecule has 0 spiro atoms. The number of likely N-dealkylation sites (tertiary alicyclic amines) is 1. The van der Waals surface area contributed by atoms with Crippen molar-refractivity contribution in [3.05, 3.63) is 65.9 Å². The lowest BCUT2D eigenvalue weighted by atomic mass is 10.00. The van der Waals surface area contributed by atoms with Crippen molar-refractivity contribution in [3.8, 4) is 6.01 Å². The first-order chi connectivity index (χ1) is 19.0. The highest BCUT2D eigenvalue weighted by molar-refractivity contribution is 5.97. The van der Waals surface area contributed by atoms with E-state index in [4.69, 9.17) is 14.7 Å². The Labute approximate surface area is 230 Å². The van der Waals surface area contributed by atoms with E-state index in [1.165, 1.54) is 40.1 Å². The predicted octanol–water partition coefficient (Wildman–Crippen LogP) is 3.85. The molecule has 1 unspecified atom stereocenters. The number of aromatic nitrogens is 2. The van der Waals surface area contributed by atoms with E-state index in [-0.39, 0.29) is 11.9 Å². The van der Waals surface area contributed by atoms with E-state index in [1.807, 2.05) is 0 Å². The minimum Gasteiger partial charge on any atom is -0.462 e. The molecule has 1 amide bonds. The summed E-state index contributed by atoms with van der Waals surface area (Å²) in [6.45, 7) is 10.6. The van der Waals surface area contributed by atoms with Crippen LogP contribution < -0.4 is 19.9 Å². The van der Waals surface area contributed by atoms with E-state index >= 15 is 0 Å². The normalized spacial score (nSPS) is 21.3. The zero-order valence-electron chi connectivity index (χ0n) is 23.0. The van der Waals surface area contributed by atoms with Crippen molar-refractivity contribution in [2.45, 2.75) is 51.2 Å². The number of carbonyl (C=O) groups is 1. The van der Waals surface area contributed by atoms with Gasteiger partial charge in [0.25, 0.3) is 0 Å². The van der Waals surface area contributed by atoms with Gasteiger partial charge >= 0.3 is 6.01 Å². The third-order valence-corrected chi connectivity index (χ3v) is 8.55. The highest BCUT2D eigenvalue weighted by Crippen LogP contribution is 2.36. The zero-order chi connectivity index (χ0) is 26.9. The third-order valence-electron chi connectivity index (χ3n) is 8.55. The molecule has 1 aromatic heterocycles. The van der Waals surface area contributed by atoms with Gasteiger partial charge in [0.15, 0.2) is 0 Å². The van der Waals surface area contributed by atoms with Crippen molar-refractivity contribution in [3.63, 3.8) is 0 Å². The number of likely N-dealkylation sites (N-methyl/N-ethyl adjacent to an activating group) is 1. The highest BCUT2D eigenvalue weighted by atomic mass is 16.5. The topological polar surface area (TPSA) is 73.8 Å². The molecule has 204 valence electrons. The van der Waals surface area contributed by atoms with Crippen LogP contribution in [-0.4, -0.2) is 72.7 Å². The van der Waals surface area contributed by atoms with Gasteiger partial charge in [-0.2, -0.15) is 9.97 Å². The van der Waals surface area contributed by atoms with Gasteiger partial charge in [-0.1, -0.05) is 36.9 Å². The lowest BCUT2D eigenvalue weighted by Crippen LogP contribution is -2.37. The molecule has 0 bridgehead atoms. The molecule has 2 fully saturated rings. The molecule has 2 saturated heterocycles. The standard InChI is InChI=1S/C31H38N6O2/c1-4-28(38)32-23-13-16-37(18-23)30-25-14-17-36(27-12-6-10-22-9-5-8-21(2)29(22)27)19-26(25)33-31(34-30)39-20-24-11-7-15-35(24)3/h4-6,8-10,12,23-24H,1,7,11,13-20H2,2-3H3,(H,32,38)/t23?,24-/m0/s1. The van der Waals surface area contributed by atoms with Gasteiger partial charge in [-0.3, -0.25) is 4.79 Å². The Morgan fingerprint density at radius 2 is 1.97 bits per heavy atom. The van der Waals surface area contributed by atoms with E-state index in [1.54, 1.807) is 0 Å². The van der Waals surface area contributed by atoms with Crippen molar-refractivity contribution in [2.24, 2.45) is 0 Å². The number of nitrogens with zero attached hydrogens (tertiary/aromatic N) is 5. The van der Waals surface area contributed by atoms with Gasteiger partial charge in [0, 0.05) is 48.4 Å². The smallest absolute Gasteiger partial charge is 0.318 e. The largest absolute Gasteiger partial charge is 0.462 e. The second-order valence-electron chi connectivity index (χ2n) is 11.1. The number of hydrogen-bond acceptors (Lipinski definition) is 7. The average molecular weight is 527 g/mol. The molecule has 8 heteroatoms. The molecular formula is C31H38N6O2. The number of benzene rings is 2. The van der Waals surface area contributed by atoms with Crippen LogP contribution in [0.2, 0.25) is 0 Å². The summed E-state index contributed by atoms with van der Waals surface area (Å²) in [5.74, 6) is 0.830. The maximum Gasteiger partial charge on any atom is 0.318 e. The summed E-state index contributed by atoms with van der Waals surface area (Å²) in [5, 5.41) is 5.62. The second-order valence-corrected chi connectivity index (χ2v) is 11.1. The number of anilines is 2. The van der Waals surface area contributed by atoms with Gasteiger partial charge in [0.05, 0.1) is 12.2 Å². The number of hydrogen-bond donors (Lipinski definition) is 1. The van der Waals surface area contributed by atoms with E-state index in [9.17, 15) is 4.79 Å². The fourth-order valence-electron chi connectivity index (χ4n) is 6.38. The van der Waals surface area contributed by atoms with Crippen LogP contribution in [0.25, 0.3) is 10.8 Å². The van der Waals surface area contributed by atoms with E-state index in [0.717, 1.165) is 57.0 Å². The maximum atomic E-state index is 11.9.